The van der Waals surface area contributed by atoms with Crippen LogP contribution >= 0.6 is 0 Å². The van der Waals surface area contributed by atoms with E-state index in [-0.39, 0.29) is 11.4 Å². The van der Waals surface area contributed by atoms with Crippen molar-refractivity contribution in [2.75, 3.05) is 10.6 Å². The number of amides is 2. The Labute approximate surface area is 172 Å². The molecule has 0 atom stereocenters. The summed E-state index contributed by atoms with van der Waals surface area (Å²) in [4.78, 5) is 33.8. The zero-order chi connectivity index (χ0) is 20.9. The number of hydrogen-bond acceptors (Lipinski definition) is 5. The van der Waals surface area contributed by atoms with Crippen LogP contribution in [0.1, 0.15) is 26.5 Å². The van der Waals surface area contributed by atoms with Crippen LogP contribution in [0.2, 0.25) is 0 Å². The number of pyridine rings is 2. The Morgan fingerprint density at radius 2 is 1.40 bits per heavy atom. The second-order valence-corrected chi connectivity index (χ2v) is 6.35. The molecule has 144 valence electrons. The molecule has 2 N–H and O–H groups in total. The fraction of sp³-hybridized carbons (Fsp3) is 0. The number of para-hydroxylation sites is 2. The average Bonchev–Trinajstić information content (AvgIpc) is 2.79. The first-order valence-electron chi connectivity index (χ1n) is 9.08. The molecule has 4 rings (SSSR count). The van der Waals surface area contributed by atoms with E-state index in [1.54, 1.807) is 42.6 Å². The Morgan fingerprint density at radius 1 is 0.767 bits per heavy atom. The highest BCUT2D eigenvalue weighted by Crippen LogP contribution is 2.21. The zero-order valence-electron chi connectivity index (χ0n) is 15.7. The molecule has 0 fully saturated rings. The molecule has 30 heavy (non-hydrogen) atoms. The van der Waals surface area contributed by atoms with Crippen LogP contribution in [0.25, 0.3) is 10.9 Å². The van der Waals surface area contributed by atoms with E-state index in [0.29, 0.717) is 22.5 Å². The minimum absolute atomic E-state index is 0.0615. The molecule has 2 aromatic heterocycles. The van der Waals surface area contributed by atoms with Gasteiger partial charge in [-0.15, -0.1) is 0 Å². The van der Waals surface area contributed by atoms with Gasteiger partial charge in [0.1, 0.15) is 17.5 Å². The minimum atomic E-state index is -0.515. The van der Waals surface area contributed by atoms with Crippen LogP contribution in [-0.2, 0) is 0 Å². The van der Waals surface area contributed by atoms with Crippen molar-refractivity contribution in [3.05, 3.63) is 95.9 Å². The number of fused-ring (bicyclic) bond motifs is 1. The first-order valence-corrected chi connectivity index (χ1v) is 9.08. The summed E-state index contributed by atoms with van der Waals surface area (Å²) in [5.41, 5.74) is 2.08. The van der Waals surface area contributed by atoms with Gasteiger partial charge in [-0.25, -0.2) is 4.98 Å². The third kappa shape index (κ3) is 3.84. The number of carbonyl (C=O) groups excluding carboxylic acids is 2. The number of aromatic nitrogens is 2. The maximum Gasteiger partial charge on any atom is 0.274 e. The quantitative estimate of drug-likeness (QED) is 0.545. The van der Waals surface area contributed by atoms with E-state index in [2.05, 4.69) is 20.6 Å². The van der Waals surface area contributed by atoms with Crippen LogP contribution in [0.5, 0.6) is 0 Å². The van der Waals surface area contributed by atoms with E-state index in [0.717, 1.165) is 5.39 Å². The van der Waals surface area contributed by atoms with Crippen molar-refractivity contribution < 1.29 is 9.59 Å². The van der Waals surface area contributed by atoms with Crippen molar-refractivity contribution in [2.24, 2.45) is 0 Å². The zero-order valence-corrected chi connectivity index (χ0v) is 15.7. The Kier molecular flexibility index (Phi) is 5.14. The van der Waals surface area contributed by atoms with Gasteiger partial charge in [0.25, 0.3) is 11.8 Å². The monoisotopic (exact) mass is 393 g/mol. The average molecular weight is 393 g/mol. The first kappa shape index (κ1) is 18.8. The minimum Gasteiger partial charge on any atom is -0.319 e. The third-order valence-electron chi connectivity index (χ3n) is 4.39. The lowest BCUT2D eigenvalue weighted by Crippen LogP contribution is -2.19. The molecular formula is C23H15N5O2. The SMILES string of the molecule is N#Cc1ccccc1NC(=O)c1cccc(C(=O)Nc2cccc3cccnc23)n1. The van der Waals surface area contributed by atoms with Crippen LogP contribution in [0.15, 0.2) is 79.0 Å². The molecule has 2 aromatic carbocycles. The van der Waals surface area contributed by atoms with Gasteiger partial charge in [0.15, 0.2) is 0 Å². The lowest BCUT2D eigenvalue weighted by molar-refractivity contribution is 0.101. The number of benzene rings is 2. The molecule has 0 unspecified atom stereocenters. The summed E-state index contributed by atoms with van der Waals surface area (Å²) >= 11 is 0. The van der Waals surface area contributed by atoms with Gasteiger partial charge in [0.2, 0.25) is 0 Å². The van der Waals surface area contributed by atoms with Gasteiger partial charge in [0, 0.05) is 11.6 Å². The third-order valence-corrected chi connectivity index (χ3v) is 4.39. The summed E-state index contributed by atoms with van der Waals surface area (Å²) < 4.78 is 0. The van der Waals surface area contributed by atoms with Crippen LogP contribution in [0, 0.1) is 11.3 Å². The maximum absolute atomic E-state index is 12.7. The Hall–Kier alpha value is -4.57. The van der Waals surface area contributed by atoms with Gasteiger partial charge < -0.3 is 10.6 Å². The summed E-state index contributed by atoms with van der Waals surface area (Å²) in [6.45, 7) is 0. The van der Waals surface area contributed by atoms with Crippen LogP contribution in [-0.4, -0.2) is 21.8 Å². The van der Waals surface area contributed by atoms with Gasteiger partial charge in [-0.05, 0) is 36.4 Å². The second-order valence-electron chi connectivity index (χ2n) is 6.35. The van der Waals surface area contributed by atoms with Crippen molar-refractivity contribution in [1.29, 1.82) is 5.26 Å². The highest BCUT2D eigenvalue weighted by Gasteiger charge is 2.15. The van der Waals surface area contributed by atoms with Crippen LogP contribution < -0.4 is 10.6 Å². The van der Waals surface area contributed by atoms with E-state index in [1.165, 1.54) is 12.1 Å². The highest BCUT2D eigenvalue weighted by molar-refractivity contribution is 6.08. The molecule has 0 bridgehead atoms. The van der Waals surface area contributed by atoms with Crippen LogP contribution in [0.4, 0.5) is 11.4 Å². The molecule has 7 nitrogen and oxygen atoms in total. The molecule has 0 saturated heterocycles. The van der Waals surface area contributed by atoms with Crippen molar-refractivity contribution in [3.8, 4) is 6.07 Å². The van der Waals surface area contributed by atoms with E-state index < -0.39 is 11.8 Å². The van der Waals surface area contributed by atoms with E-state index in [9.17, 15) is 9.59 Å². The first-order chi connectivity index (χ1) is 14.7. The lowest BCUT2D eigenvalue weighted by Gasteiger charge is -2.09. The molecule has 0 spiro atoms. The normalized spacial score (nSPS) is 10.2. The Bertz CT molecular complexity index is 1300. The summed E-state index contributed by atoms with van der Waals surface area (Å²) in [7, 11) is 0. The van der Waals surface area contributed by atoms with Crippen molar-refractivity contribution in [3.63, 3.8) is 0 Å². The van der Waals surface area contributed by atoms with Gasteiger partial charge >= 0.3 is 0 Å². The molecule has 0 radical (unpaired) electrons. The number of nitrogens with zero attached hydrogens (tertiary/aromatic N) is 3. The van der Waals surface area contributed by atoms with Gasteiger partial charge in [0.05, 0.1) is 22.5 Å². The number of anilines is 2. The molecule has 0 aliphatic heterocycles. The molecule has 0 saturated carbocycles. The smallest absolute Gasteiger partial charge is 0.274 e. The number of nitrogens with one attached hydrogen (secondary N) is 2. The van der Waals surface area contributed by atoms with E-state index in [4.69, 9.17) is 5.26 Å². The molecule has 2 amide bonds. The predicted octanol–water partition coefficient (Wildman–Crippen LogP) is 4.01. The van der Waals surface area contributed by atoms with Gasteiger partial charge in [-0.3, -0.25) is 14.6 Å². The molecule has 2 heterocycles. The topological polar surface area (TPSA) is 108 Å². The highest BCUT2D eigenvalue weighted by atomic mass is 16.2. The largest absolute Gasteiger partial charge is 0.319 e. The summed E-state index contributed by atoms with van der Waals surface area (Å²) in [6.07, 6.45) is 1.65. The summed E-state index contributed by atoms with van der Waals surface area (Å²) in [5.74, 6) is -0.973. The Morgan fingerprint density at radius 3 is 2.17 bits per heavy atom. The van der Waals surface area contributed by atoms with Crippen LogP contribution in [0.3, 0.4) is 0 Å². The van der Waals surface area contributed by atoms with Gasteiger partial charge in [-0.2, -0.15) is 5.26 Å². The fourth-order valence-corrected chi connectivity index (χ4v) is 2.96. The predicted molar refractivity (Wildman–Crippen MR) is 113 cm³/mol. The van der Waals surface area contributed by atoms with Crippen molar-refractivity contribution >= 4 is 34.1 Å². The number of hydrogen-bond donors (Lipinski definition) is 2. The number of rotatable bonds is 4. The second kappa shape index (κ2) is 8.20. The molecule has 0 aliphatic rings. The fourth-order valence-electron chi connectivity index (χ4n) is 2.96. The van der Waals surface area contributed by atoms with E-state index >= 15 is 0 Å². The van der Waals surface area contributed by atoms with Crippen molar-refractivity contribution in [2.45, 2.75) is 0 Å². The number of nitriles is 1. The molecule has 7 heteroatoms. The molecule has 0 aliphatic carbocycles. The summed E-state index contributed by atoms with van der Waals surface area (Å²) in [5, 5.41) is 15.5. The van der Waals surface area contributed by atoms with Crippen molar-refractivity contribution in [1.82, 2.24) is 9.97 Å². The number of carbonyl (C=O) groups is 2. The lowest BCUT2D eigenvalue weighted by atomic mass is 10.2. The standard InChI is InChI=1S/C23H15N5O2/c24-14-16-6-1-2-9-17(16)27-22(29)19-11-4-12-20(26-19)23(30)28-18-10-3-7-15-8-5-13-25-21(15)18/h1-13H,(H,27,29)(H,28,30). The summed E-state index contributed by atoms with van der Waals surface area (Å²) in [6, 6.07) is 22.5. The van der Waals surface area contributed by atoms with E-state index in [1.807, 2.05) is 30.3 Å². The molecule has 4 aromatic rings. The Balaban J connectivity index is 1.56. The van der Waals surface area contributed by atoms with Gasteiger partial charge in [-0.1, -0.05) is 36.4 Å². The molecular weight excluding hydrogens is 378 g/mol. The maximum atomic E-state index is 12.7.